The summed E-state index contributed by atoms with van der Waals surface area (Å²) in [4.78, 5) is 16.8. The van der Waals surface area contributed by atoms with Crippen molar-refractivity contribution in [1.82, 2.24) is 25.2 Å². The minimum absolute atomic E-state index is 0.124. The monoisotopic (exact) mass is 382 g/mol. The van der Waals surface area contributed by atoms with Crippen LogP contribution in [0.5, 0.6) is 0 Å². The molecule has 2 atom stereocenters. The topological polar surface area (TPSA) is 107 Å². The summed E-state index contributed by atoms with van der Waals surface area (Å²) in [6.07, 6.45) is 5.23. The molecule has 0 bridgehead atoms. The Hall–Kier alpha value is -3.20. The van der Waals surface area contributed by atoms with E-state index in [9.17, 15) is 4.79 Å². The standard InChI is InChI=1S/C19H22N6O3/c1-12-21-18(24-28-12)13-5-3-6-15(9-13)22-19(26)23-16-7-4-8-27-17(16)14-10-20-25(2)11-14/h3,5-6,9-11,16-17H,4,7-8H2,1-2H3,(H2,22,23,26)/t16-,17+/m0/s1. The first-order valence-electron chi connectivity index (χ1n) is 9.17. The molecule has 2 N–H and O–H groups in total. The van der Waals surface area contributed by atoms with Gasteiger partial charge in [-0.3, -0.25) is 4.68 Å². The van der Waals surface area contributed by atoms with Gasteiger partial charge in [0.05, 0.1) is 12.2 Å². The summed E-state index contributed by atoms with van der Waals surface area (Å²) in [5, 5.41) is 14.0. The number of carbonyl (C=O) groups is 1. The van der Waals surface area contributed by atoms with Crippen molar-refractivity contribution in [2.24, 2.45) is 7.05 Å². The summed E-state index contributed by atoms with van der Waals surface area (Å²) in [6.45, 7) is 2.41. The van der Waals surface area contributed by atoms with Gasteiger partial charge in [0.2, 0.25) is 11.7 Å². The summed E-state index contributed by atoms with van der Waals surface area (Å²) >= 11 is 0. The summed E-state index contributed by atoms with van der Waals surface area (Å²) in [7, 11) is 1.86. The van der Waals surface area contributed by atoms with Gasteiger partial charge in [-0.1, -0.05) is 17.3 Å². The van der Waals surface area contributed by atoms with Gasteiger partial charge in [-0.05, 0) is 25.0 Å². The summed E-state index contributed by atoms with van der Waals surface area (Å²) in [6, 6.07) is 6.90. The van der Waals surface area contributed by atoms with Crippen LogP contribution in [0, 0.1) is 6.92 Å². The summed E-state index contributed by atoms with van der Waals surface area (Å²) < 4.78 is 12.6. The number of benzene rings is 1. The van der Waals surface area contributed by atoms with Crippen LogP contribution in [0.25, 0.3) is 11.4 Å². The lowest BCUT2D eigenvalue weighted by Crippen LogP contribution is -2.44. The van der Waals surface area contributed by atoms with Crippen molar-refractivity contribution in [3.8, 4) is 11.4 Å². The van der Waals surface area contributed by atoms with Crippen LogP contribution in [0.1, 0.15) is 30.4 Å². The van der Waals surface area contributed by atoms with Gasteiger partial charge in [0.25, 0.3) is 0 Å². The molecular formula is C19H22N6O3. The smallest absolute Gasteiger partial charge is 0.319 e. The number of hydrogen-bond donors (Lipinski definition) is 2. The fourth-order valence-corrected chi connectivity index (χ4v) is 3.33. The normalized spacial score (nSPS) is 19.4. The Labute approximate surface area is 162 Å². The predicted octanol–water partition coefficient (Wildman–Crippen LogP) is 2.82. The Bertz CT molecular complexity index is 966. The molecule has 146 valence electrons. The summed E-state index contributed by atoms with van der Waals surface area (Å²) in [5.41, 5.74) is 2.37. The van der Waals surface area contributed by atoms with Crippen molar-refractivity contribution in [3.05, 3.63) is 48.1 Å². The molecule has 1 aliphatic rings. The number of nitrogens with one attached hydrogen (secondary N) is 2. The van der Waals surface area contributed by atoms with Crippen LogP contribution in [0.4, 0.5) is 10.5 Å². The second kappa shape index (κ2) is 7.81. The first-order chi connectivity index (χ1) is 13.6. The number of hydrogen-bond acceptors (Lipinski definition) is 6. The van der Waals surface area contributed by atoms with E-state index in [2.05, 4.69) is 25.9 Å². The van der Waals surface area contributed by atoms with Crippen molar-refractivity contribution >= 4 is 11.7 Å². The van der Waals surface area contributed by atoms with Crippen LogP contribution >= 0.6 is 0 Å². The van der Waals surface area contributed by atoms with Gasteiger partial charge in [0.1, 0.15) is 6.10 Å². The highest BCUT2D eigenvalue weighted by molar-refractivity contribution is 5.90. The average molecular weight is 382 g/mol. The Morgan fingerprint density at radius 1 is 1.36 bits per heavy atom. The Morgan fingerprint density at radius 3 is 3.00 bits per heavy atom. The van der Waals surface area contributed by atoms with Gasteiger partial charge >= 0.3 is 6.03 Å². The molecule has 2 aromatic heterocycles. The fraction of sp³-hybridized carbons (Fsp3) is 0.368. The van der Waals surface area contributed by atoms with E-state index >= 15 is 0 Å². The zero-order valence-corrected chi connectivity index (χ0v) is 15.8. The number of carbonyl (C=O) groups excluding carboxylic acids is 1. The molecule has 9 nitrogen and oxygen atoms in total. The van der Waals surface area contributed by atoms with Gasteiger partial charge in [-0.25, -0.2) is 4.79 Å². The van der Waals surface area contributed by atoms with Crippen LogP contribution in [0.15, 0.2) is 41.2 Å². The van der Waals surface area contributed by atoms with E-state index < -0.39 is 0 Å². The third-order valence-corrected chi connectivity index (χ3v) is 4.60. The molecule has 2 amide bonds. The number of urea groups is 1. The van der Waals surface area contributed by atoms with Crippen LogP contribution in [-0.4, -0.2) is 38.6 Å². The van der Waals surface area contributed by atoms with E-state index in [1.807, 2.05) is 31.4 Å². The molecule has 9 heteroatoms. The molecule has 0 spiro atoms. The highest BCUT2D eigenvalue weighted by atomic mass is 16.5. The number of aromatic nitrogens is 4. The third-order valence-electron chi connectivity index (χ3n) is 4.60. The lowest BCUT2D eigenvalue weighted by Gasteiger charge is -2.31. The van der Waals surface area contributed by atoms with Crippen molar-refractivity contribution in [2.45, 2.75) is 31.9 Å². The second-order valence-corrected chi connectivity index (χ2v) is 6.80. The van der Waals surface area contributed by atoms with Crippen molar-refractivity contribution in [3.63, 3.8) is 0 Å². The molecule has 1 fully saturated rings. The minimum Gasteiger partial charge on any atom is -0.371 e. The molecule has 0 saturated carbocycles. The molecule has 0 unspecified atom stereocenters. The van der Waals surface area contributed by atoms with Crippen LogP contribution in [0.2, 0.25) is 0 Å². The SMILES string of the molecule is Cc1nc(-c2cccc(NC(=O)N[C@H]3CCCO[C@@H]3c3cnn(C)c3)c2)no1. The van der Waals surface area contributed by atoms with Gasteiger partial charge in [-0.2, -0.15) is 10.1 Å². The van der Waals surface area contributed by atoms with E-state index in [-0.39, 0.29) is 18.2 Å². The molecule has 3 heterocycles. The van der Waals surface area contributed by atoms with Gasteiger partial charge < -0.3 is 19.9 Å². The maximum atomic E-state index is 12.6. The molecular weight excluding hydrogens is 360 g/mol. The lowest BCUT2D eigenvalue weighted by molar-refractivity contribution is -0.00700. The molecule has 28 heavy (non-hydrogen) atoms. The van der Waals surface area contributed by atoms with Gasteiger partial charge in [-0.15, -0.1) is 0 Å². The number of aryl methyl sites for hydroxylation is 2. The maximum Gasteiger partial charge on any atom is 0.319 e. The van der Waals surface area contributed by atoms with Gasteiger partial charge in [0.15, 0.2) is 0 Å². The number of rotatable bonds is 4. The molecule has 1 saturated heterocycles. The highest BCUT2D eigenvalue weighted by Gasteiger charge is 2.29. The largest absolute Gasteiger partial charge is 0.371 e. The van der Waals surface area contributed by atoms with Crippen LogP contribution in [-0.2, 0) is 11.8 Å². The fourth-order valence-electron chi connectivity index (χ4n) is 3.33. The number of ether oxygens (including phenoxy) is 1. The minimum atomic E-state index is -0.286. The third kappa shape index (κ3) is 4.04. The maximum absolute atomic E-state index is 12.6. The number of anilines is 1. The Morgan fingerprint density at radius 2 is 2.25 bits per heavy atom. The van der Waals surface area contributed by atoms with E-state index in [0.29, 0.717) is 24.0 Å². The van der Waals surface area contributed by atoms with E-state index in [1.54, 1.807) is 23.9 Å². The van der Waals surface area contributed by atoms with Crippen molar-refractivity contribution < 1.29 is 14.1 Å². The van der Waals surface area contributed by atoms with E-state index in [1.165, 1.54) is 0 Å². The quantitative estimate of drug-likeness (QED) is 0.718. The van der Waals surface area contributed by atoms with Crippen LogP contribution in [0.3, 0.4) is 0 Å². The molecule has 1 aliphatic heterocycles. The molecule has 0 aliphatic carbocycles. The zero-order chi connectivity index (χ0) is 19.5. The van der Waals surface area contributed by atoms with E-state index in [4.69, 9.17) is 9.26 Å². The average Bonchev–Trinajstić information content (AvgIpc) is 3.31. The molecule has 4 rings (SSSR count). The molecule has 0 radical (unpaired) electrons. The van der Waals surface area contributed by atoms with Crippen LogP contribution < -0.4 is 10.6 Å². The second-order valence-electron chi connectivity index (χ2n) is 6.80. The van der Waals surface area contributed by atoms with Crippen molar-refractivity contribution in [1.29, 1.82) is 0 Å². The first-order valence-corrected chi connectivity index (χ1v) is 9.17. The zero-order valence-electron chi connectivity index (χ0n) is 15.8. The number of nitrogens with zero attached hydrogens (tertiary/aromatic N) is 4. The van der Waals surface area contributed by atoms with Crippen molar-refractivity contribution in [2.75, 3.05) is 11.9 Å². The molecule has 1 aromatic carbocycles. The Balaban J connectivity index is 1.43. The van der Waals surface area contributed by atoms with E-state index in [0.717, 1.165) is 24.0 Å². The number of amides is 2. The Kier molecular flexibility index (Phi) is 5.07. The highest BCUT2D eigenvalue weighted by Crippen LogP contribution is 2.28. The first kappa shape index (κ1) is 18.2. The molecule has 3 aromatic rings. The lowest BCUT2D eigenvalue weighted by atomic mass is 9.98. The van der Waals surface area contributed by atoms with Gasteiger partial charge in [0, 0.05) is 43.6 Å². The predicted molar refractivity (Wildman–Crippen MR) is 102 cm³/mol. The summed E-state index contributed by atoms with van der Waals surface area (Å²) in [5.74, 6) is 0.976.